The average molecular weight is 267 g/mol. The zero-order valence-electron chi connectivity index (χ0n) is 13.0. The maximum absolute atomic E-state index is 12.7. The zero-order valence-corrected chi connectivity index (χ0v) is 13.0. The van der Waals surface area contributed by atoms with Crippen LogP contribution < -0.4 is 5.32 Å². The van der Waals surface area contributed by atoms with E-state index < -0.39 is 0 Å². The van der Waals surface area contributed by atoms with Gasteiger partial charge in [-0.2, -0.15) is 0 Å². The lowest BCUT2D eigenvalue weighted by Crippen LogP contribution is -2.59. The van der Waals surface area contributed by atoms with Gasteiger partial charge in [0.25, 0.3) is 0 Å². The van der Waals surface area contributed by atoms with Crippen LogP contribution in [0.25, 0.3) is 0 Å². The van der Waals surface area contributed by atoms with Crippen molar-refractivity contribution in [1.82, 2.24) is 15.1 Å². The van der Waals surface area contributed by atoms with Gasteiger partial charge in [0, 0.05) is 24.5 Å². The van der Waals surface area contributed by atoms with Crippen LogP contribution >= 0.6 is 0 Å². The molecule has 2 rings (SSSR count). The molecule has 0 unspecified atom stereocenters. The first-order valence-corrected chi connectivity index (χ1v) is 7.53. The fourth-order valence-electron chi connectivity index (χ4n) is 3.50. The number of carbonyl (C=O) groups is 1. The Morgan fingerprint density at radius 1 is 1.11 bits per heavy atom. The van der Waals surface area contributed by atoms with Crippen molar-refractivity contribution in [3.63, 3.8) is 0 Å². The minimum Gasteiger partial charge on any atom is -0.343 e. The summed E-state index contributed by atoms with van der Waals surface area (Å²) < 4.78 is 0. The molecule has 2 aliphatic rings. The summed E-state index contributed by atoms with van der Waals surface area (Å²) in [6, 6.07) is 0. The van der Waals surface area contributed by atoms with Gasteiger partial charge in [-0.05, 0) is 59.3 Å². The number of amides is 1. The molecule has 110 valence electrons. The largest absolute Gasteiger partial charge is 0.343 e. The van der Waals surface area contributed by atoms with E-state index in [0.29, 0.717) is 5.91 Å². The number of nitrogens with zero attached hydrogens (tertiary/aromatic N) is 2. The Labute approximate surface area is 117 Å². The first-order chi connectivity index (χ1) is 8.90. The van der Waals surface area contributed by atoms with Gasteiger partial charge in [-0.3, -0.25) is 4.79 Å². The van der Waals surface area contributed by atoms with E-state index in [2.05, 4.69) is 31.2 Å². The Hall–Kier alpha value is -0.610. The lowest BCUT2D eigenvalue weighted by Gasteiger charge is -2.50. The maximum Gasteiger partial charge on any atom is 0.228 e. The van der Waals surface area contributed by atoms with Crippen molar-refractivity contribution in [1.29, 1.82) is 0 Å². The van der Waals surface area contributed by atoms with Gasteiger partial charge in [0.1, 0.15) is 0 Å². The highest BCUT2D eigenvalue weighted by Crippen LogP contribution is 2.38. The van der Waals surface area contributed by atoms with E-state index in [0.717, 1.165) is 32.5 Å². The van der Waals surface area contributed by atoms with Gasteiger partial charge in [-0.25, -0.2) is 0 Å². The highest BCUT2D eigenvalue weighted by atomic mass is 16.2. The van der Waals surface area contributed by atoms with E-state index in [1.165, 1.54) is 19.3 Å². The van der Waals surface area contributed by atoms with Crippen LogP contribution in [0.2, 0.25) is 0 Å². The predicted molar refractivity (Wildman–Crippen MR) is 78.1 cm³/mol. The lowest BCUT2D eigenvalue weighted by molar-refractivity contribution is -0.144. The molecular formula is C15H29N3O. The summed E-state index contributed by atoms with van der Waals surface area (Å²) in [5.41, 5.74) is 0.0743. The molecule has 0 bridgehead atoms. The molecule has 2 fully saturated rings. The first kappa shape index (κ1) is 14.8. The van der Waals surface area contributed by atoms with Gasteiger partial charge in [0.2, 0.25) is 5.91 Å². The molecule has 0 aromatic rings. The molecule has 1 amide bonds. The van der Waals surface area contributed by atoms with Crippen molar-refractivity contribution < 1.29 is 4.79 Å². The molecule has 19 heavy (non-hydrogen) atoms. The highest BCUT2D eigenvalue weighted by molar-refractivity contribution is 5.82. The third-order valence-electron chi connectivity index (χ3n) is 5.33. The molecule has 1 heterocycles. The fourth-order valence-corrected chi connectivity index (χ4v) is 3.50. The lowest BCUT2D eigenvalue weighted by atomic mass is 9.74. The third kappa shape index (κ3) is 2.79. The topological polar surface area (TPSA) is 35.6 Å². The van der Waals surface area contributed by atoms with Crippen LogP contribution in [0.3, 0.4) is 0 Å². The molecule has 1 aliphatic heterocycles. The van der Waals surface area contributed by atoms with Gasteiger partial charge in [0.05, 0.1) is 0 Å². The van der Waals surface area contributed by atoms with Crippen LogP contribution in [0, 0.1) is 5.41 Å². The van der Waals surface area contributed by atoms with E-state index in [1.807, 2.05) is 11.9 Å². The second-order valence-electron chi connectivity index (χ2n) is 6.94. The standard InChI is InChI=1S/C15H29N3O/c1-14(8-10-16-11-9-14)13(19)18(4)12-15(17(2)3)6-5-7-15/h16H,5-12H2,1-4H3. The number of hydrogen-bond acceptors (Lipinski definition) is 3. The van der Waals surface area contributed by atoms with Crippen molar-refractivity contribution in [3.8, 4) is 0 Å². The number of carbonyl (C=O) groups excluding carboxylic acids is 1. The van der Waals surface area contributed by atoms with Crippen molar-refractivity contribution in [2.24, 2.45) is 5.41 Å². The summed E-state index contributed by atoms with van der Waals surface area (Å²) in [5, 5.41) is 3.34. The molecule has 0 aromatic heterocycles. The quantitative estimate of drug-likeness (QED) is 0.834. The predicted octanol–water partition coefficient (Wildman–Crippen LogP) is 1.32. The Morgan fingerprint density at radius 2 is 1.68 bits per heavy atom. The van der Waals surface area contributed by atoms with Crippen LogP contribution in [-0.4, -0.2) is 62.0 Å². The fraction of sp³-hybridized carbons (Fsp3) is 0.933. The van der Waals surface area contributed by atoms with Gasteiger partial charge >= 0.3 is 0 Å². The summed E-state index contributed by atoms with van der Waals surface area (Å²) in [7, 11) is 6.27. The Balaban J connectivity index is 1.99. The molecule has 1 saturated heterocycles. The smallest absolute Gasteiger partial charge is 0.228 e. The average Bonchev–Trinajstić information content (AvgIpc) is 2.33. The van der Waals surface area contributed by atoms with E-state index >= 15 is 0 Å². The maximum atomic E-state index is 12.7. The first-order valence-electron chi connectivity index (χ1n) is 7.53. The number of hydrogen-bond donors (Lipinski definition) is 1. The van der Waals surface area contributed by atoms with Crippen molar-refractivity contribution in [3.05, 3.63) is 0 Å². The van der Waals surface area contributed by atoms with E-state index in [9.17, 15) is 4.79 Å². The minimum absolute atomic E-state index is 0.156. The molecule has 1 saturated carbocycles. The molecule has 1 aliphatic carbocycles. The van der Waals surface area contributed by atoms with Gasteiger partial charge < -0.3 is 15.1 Å². The third-order valence-corrected chi connectivity index (χ3v) is 5.33. The summed E-state index contributed by atoms with van der Waals surface area (Å²) in [6.45, 7) is 4.95. The van der Waals surface area contributed by atoms with Crippen LogP contribution in [0.15, 0.2) is 0 Å². The monoisotopic (exact) mass is 267 g/mol. The summed E-state index contributed by atoms with van der Waals surface area (Å²) in [4.78, 5) is 17.0. The van der Waals surface area contributed by atoms with Crippen molar-refractivity contribution in [2.45, 2.75) is 44.6 Å². The van der Waals surface area contributed by atoms with Gasteiger partial charge in [-0.1, -0.05) is 6.92 Å². The van der Waals surface area contributed by atoms with Crippen LogP contribution in [0.4, 0.5) is 0 Å². The number of nitrogens with one attached hydrogen (secondary N) is 1. The van der Waals surface area contributed by atoms with Crippen LogP contribution in [-0.2, 0) is 4.79 Å². The van der Waals surface area contributed by atoms with E-state index in [1.54, 1.807) is 0 Å². The van der Waals surface area contributed by atoms with E-state index in [-0.39, 0.29) is 11.0 Å². The number of piperidine rings is 1. The number of likely N-dealkylation sites (N-methyl/N-ethyl adjacent to an activating group) is 2. The van der Waals surface area contributed by atoms with E-state index in [4.69, 9.17) is 0 Å². The molecule has 4 heteroatoms. The summed E-state index contributed by atoms with van der Waals surface area (Å²) >= 11 is 0. The minimum atomic E-state index is -0.156. The molecule has 1 N–H and O–H groups in total. The molecule has 0 spiro atoms. The second kappa shape index (κ2) is 5.41. The Kier molecular flexibility index (Phi) is 4.21. The zero-order chi connectivity index (χ0) is 14.1. The summed E-state index contributed by atoms with van der Waals surface area (Å²) in [5.74, 6) is 0.335. The molecule has 0 aromatic carbocycles. The SMILES string of the molecule is CN(CC1(N(C)C)CCC1)C(=O)C1(C)CCNCC1. The van der Waals surface area contributed by atoms with Crippen molar-refractivity contribution in [2.75, 3.05) is 40.8 Å². The highest BCUT2D eigenvalue weighted by Gasteiger charge is 2.43. The molecule has 0 atom stereocenters. The number of rotatable bonds is 4. The Morgan fingerprint density at radius 3 is 2.11 bits per heavy atom. The van der Waals surface area contributed by atoms with Gasteiger partial charge in [-0.15, -0.1) is 0 Å². The molecule has 4 nitrogen and oxygen atoms in total. The second-order valence-corrected chi connectivity index (χ2v) is 6.94. The van der Waals surface area contributed by atoms with Gasteiger partial charge in [0.15, 0.2) is 0 Å². The Bertz CT molecular complexity index is 330. The van der Waals surface area contributed by atoms with Crippen LogP contribution in [0.5, 0.6) is 0 Å². The normalized spacial score (nSPS) is 24.9. The molecular weight excluding hydrogens is 238 g/mol. The molecule has 0 radical (unpaired) electrons. The van der Waals surface area contributed by atoms with Crippen molar-refractivity contribution >= 4 is 5.91 Å². The van der Waals surface area contributed by atoms with Crippen LogP contribution in [0.1, 0.15) is 39.0 Å². The summed E-state index contributed by atoms with van der Waals surface area (Å²) in [6.07, 6.45) is 5.66.